The molecule has 3 nitrogen and oxygen atoms in total. The molecule has 3 heteroatoms. The lowest BCUT2D eigenvalue weighted by Crippen LogP contribution is -2.44. The van der Waals surface area contributed by atoms with E-state index in [1.54, 1.807) is 0 Å². The molecule has 1 fully saturated rings. The quantitative estimate of drug-likeness (QED) is 0.811. The summed E-state index contributed by atoms with van der Waals surface area (Å²) in [5.41, 5.74) is 4.33. The molecule has 0 aliphatic carbocycles. The molecule has 2 atom stereocenters. The Kier molecular flexibility index (Phi) is 3.93. The number of rotatable bonds is 4. The molecule has 1 aliphatic heterocycles. The molecule has 1 heterocycles. The first-order valence-electron chi connectivity index (χ1n) is 6.01. The van der Waals surface area contributed by atoms with E-state index in [1.165, 1.54) is 12.8 Å². The van der Waals surface area contributed by atoms with E-state index in [0.29, 0.717) is 0 Å². The lowest BCUT2D eigenvalue weighted by atomic mass is 10.0. The highest BCUT2D eigenvalue weighted by Crippen LogP contribution is 2.17. The fourth-order valence-electron chi connectivity index (χ4n) is 2.14. The van der Waals surface area contributed by atoms with Gasteiger partial charge in [0.2, 0.25) is 0 Å². The molecule has 0 bridgehead atoms. The highest BCUT2D eigenvalue weighted by Gasteiger charge is 2.20. The number of hydrogen-bond acceptors (Lipinski definition) is 3. The van der Waals surface area contributed by atoms with Gasteiger partial charge in [0, 0.05) is 19.1 Å². The van der Waals surface area contributed by atoms with Crippen LogP contribution in [0.25, 0.3) is 0 Å². The Hall–Kier alpha value is -0.900. The number of hydrogen-bond donors (Lipinski definition) is 2. The van der Waals surface area contributed by atoms with Crippen molar-refractivity contribution in [2.75, 3.05) is 13.1 Å². The third-order valence-electron chi connectivity index (χ3n) is 3.11. The van der Waals surface area contributed by atoms with E-state index < -0.39 is 6.10 Å². The summed E-state index contributed by atoms with van der Waals surface area (Å²) < 4.78 is 0. The molecule has 0 amide bonds. The van der Waals surface area contributed by atoms with E-state index >= 15 is 0 Å². The van der Waals surface area contributed by atoms with E-state index in [4.69, 9.17) is 0 Å². The molecule has 0 spiro atoms. The standard InChI is InChI=1S/C13H20N2O/c1-11(14-15-9-5-6-10-15)13(16)12-7-3-2-4-8-12/h2-4,7-8,11,13-14,16H,5-6,9-10H2,1H3/t11-,13-/m1/s1. The van der Waals surface area contributed by atoms with E-state index in [1.807, 2.05) is 37.3 Å². The van der Waals surface area contributed by atoms with Gasteiger partial charge in [0.05, 0.1) is 6.10 Å². The average molecular weight is 220 g/mol. The van der Waals surface area contributed by atoms with Crippen molar-refractivity contribution >= 4 is 0 Å². The van der Waals surface area contributed by atoms with Gasteiger partial charge in [0.15, 0.2) is 0 Å². The van der Waals surface area contributed by atoms with Crippen LogP contribution in [0.15, 0.2) is 30.3 Å². The fourth-order valence-corrected chi connectivity index (χ4v) is 2.14. The third-order valence-corrected chi connectivity index (χ3v) is 3.11. The van der Waals surface area contributed by atoms with Crippen LogP contribution in [0.3, 0.4) is 0 Å². The minimum atomic E-state index is -0.443. The maximum atomic E-state index is 10.2. The maximum Gasteiger partial charge on any atom is 0.0953 e. The number of aliphatic hydroxyl groups is 1. The zero-order valence-electron chi connectivity index (χ0n) is 9.76. The molecule has 0 radical (unpaired) electrons. The maximum absolute atomic E-state index is 10.2. The van der Waals surface area contributed by atoms with Gasteiger partial charge in [-0.1, -0.05) is 30.3 Å². The second-order valence-corrected chi connectivity index (χ2v) is 4.47. The van der Waals surface area contributed by atoms with Crippen LogP contribution in [-0.4, -0.2) is 29.2 Å². The van der Waals surface area contributed by atoms with Gasteiger partial charge < -0.3 is 5.11 Å². The molecule has 0 unspecified atom stereocenters. The summed E-state index contributed by atoms with van der Waals surface area (Å²) in [5, 5.41) is 12.4. The molecule has 1 aliphatic rings. The first-order valence-corrected chi connectivity index (χ1v) is 6.01. The minimum absolute atomic E-state index is 0.0560. The number of nitrogens with one attached hydrogen (secondary N) is 1. The van der Waals surface area contributed by atoms with Gasteiger partial charge in [-0.3, -0.25) is 0 Å². The Labute approximate surface area is 97.1 Å². The second-order valence-electron chi connectivity index (χ2n) is 4.47. The summed E-state index contributed by atoms with van der Waals surface area (Å²) in [5.74, 6) is 0. The summed E-state index contributed by atoms with van der Waals surface area (Å²) in [6.07, 6.45) is 2.06. The summed E-state index contributed by atoms with van der Waals surface area (Å²) in [6.45, 7) is 4.20. The zero-order valence-corrected chi connectivity index (χ0v) is 9.76. The van der Waals surface area contributed by atoms with Crippen molar-refractivity contribution in [3.05, 3.63) is 35.9 Å². The Morgan fingerprint density at radius 1 is 1.19 bits per heavy atom. The van der Waals surface area contributed by atoms with E-state index in [-0.39, 0.29) is 6.04 Å². The van der Waals surface area contributed by atoms with Gasteiger partial charge in [-0.15, -0.1) is 0 Å². The Bertz CT molecular complexity index is 309. The van der Waals surface area contributed by atoms with Gasteiger partial charge in [-0.25, -0.2) is 10.4 Å². The van der Waals surface area contributed by atoms with Crippen LogP contribution in [0.5, 0.6) is 0 Å². The smallest absolute Gasteiger partial charge is 0.0953 e. The molecule has 1 saturated heterocycles. The Morgan fingerprint density at radius 2 is 1.81 bits per heavy atom. The van der Waals surface area contributed by atoms with Crippen molar-refractivity contribution in [3.8, 4) is 0 Å². The van der Waals surface area contributed by atoms with Crippen LogP contribution in [0, 0.1) is 0 Å². The van der Waals surface area contributed by atoms with Crippen LogP contribution in [-0.2, 0) is 0 Å². The molecule has 0 aromatic heterocycles. The topological polar surface area (TPSA) is 35.5 Å². The van der Waals surface area contributed by atoms with Crippen molar-refractivity contribution in [1.82, 2.24) is 10.4 Å². The molecule has 88 valence electrons. The molecule has 16 heavy (non-hydrogen) atoms. The summed E-state index contributed by atoms with van der Waals surface area (Å²) in [6, 6.07) is 9.87. The van der Waals surface area contributed by atoms with Gasteiger partial charge in [-0.2, -0.15) is 0 Å². The van der Waals surface area contributed by atoms with Crippen LogP contribution < -0.4 is 5.43 Å². The molecule has 1 aromatic rings. The molecule has 0 saturated carbocycles. The molecule has 2 N–H and O–H groups in total. The molecule has 2 rings (SSSR count). The van der Waals surface area contributed by atoms with Crippen LogP contribution in [0.2, 0.25) is 0 Å². The number of hydrazine groups is 1. The van der Waals surface area contributed by atoms with Crippen LogP contribution in [0.1, 0.15) is 31.4 Å². The van der Waals surface area contributed by atoms with Gasteiger partial charge in [0.25, 0.3) is 0 Å². The van der Waals surface area contributed by atoms with E-state index in [9.17, 15) is 5.11 Å². The Morgan fingerprint density at radius 3 is 2.44 bits per heavy atom. The van der Waals surface area contributed by atoms with Gasteiger partial charge in [0.1, 0.15) is 0 Å². The first kappa shape index (κ1) is 11.6. The molecular formula is C13H20N2O. The molecular weight excluding hydrogens is 200 g/mol. The van der Waals surface area contributed by atoms with Gasteiger partial charge in [-0.05, 0) is 25.3 Å². The highest BCUT2D eigenvalue weighted by atomic mass is 16.3. The summed E-state index contributed by atoms with van der Waals surface area (Å²) >= 11 is 0. The lowest BCUT2D eigenvalue weighted by Gasteiger charge is -2.26. The minimum Gasteiger partial charge on any atom is -0.387 e. The van der Waals surface area contributed by atoms with Gasteiger partial charge >= 0.3 is 0 Å². The normalized spacial score (nSPS) is 20.9. The highest BCUT2D eigenvalue weighted by molar-refractivity contribution is 5.18. The summed E-state index contributed by atoms with van der Waals surface area (Å²) in [4.78, 5) is 0. The lowest BCUT2D eigenvalue weighted by molar-refractivity contribution is 0.0843. The fraction of sp³-hybridized carbons (Fsp3) is 0.538. The van der Waals surface area contributed by atoms with Crippen LogP contribution >= 0.6 is 0 Å². The number of nitrogens with zero attached hydrogens (tertiary/aromatic N) is 1. The van der Waals surface area contributed by atoms with Crippen molar-refractivity contribution < 1.29 is 5.11 Å². The second kappa shape index (κ2) is 5.43. The van der Waals surface area contributed by atoms with Crippen molar-refractivity contribution in [2.24, 2.45) is 0 Å². The zero-order chi connectivity index (χ0) is 11.4. The average Bonchev–Trinajstić information content (AvgIpc) is 2.82. The predicted octanol–water partition coefficient (Wildman–Crippen LogP) is 1.71. The van der Waals surface area contributed by atoms with Crippen molar-refractivity contribution in [3.63, 3.8) is 0 Å². The first-order chi connectivity index (χ1) is 7.77. The number of aliphatic hydroxyl groups excluding tert-OH is 1. The van der Waals surface area contributed by atoms with Crippen LogP contribution in [0.4, 0.5) is 0 Å². The monoisotopic (exact) mass is 220 g/mol. The third kappa shape index (κ3) is 2.82. The van der Waals surface area contributed by atoms with Crippen molar-refractivity contribution in [1.29, 1.82) is 0 Å². The SMILES string of the molecule is C[C@@H](NN1CCCC1)[C@@H](O)c1ccccc1. The molecule has 1 aromatic carbocycles. The summed E-state index contributed by atoms with van der Waals surface area (Å²) in [7, 11) is 0. The predicted molar refractivity (Wildman–Crippen MR) is 64.8 cm³/mol. The Balaban J connectivity index is 1.91. The van der Waals surface area contributed by atoms with Crippen molar-refractivity contribution in [2.45, 2.75) is 31.9 Å². The number of benzene rings is 1. The van der Waals surface area contributed by atoms with E-state index in [2.05, 4.69) is 10.4 Å². The van der Waals surface area contributed by atoms with E-state index in [0.717, 1.165) is 18.7 Å². The largest absolute Gasteiger partial charge is 0.387 e.